The number of likely N-dealkylation sites (tertiary alicyclic amines) is 2. The van der Waals surface area contributed by atoms with Crippen molar-refractivity contribution >= 4 is 104 Å². The van der Waals surface area contributed by atoms with Gasteiger partial charge in [-0.1, -0.05) is 170 Å². The highest BCUT2D eigenvalue weighted by Crippen LogP contribution is 2.51. The second-order valence-electron chi connectivity index (χ2n) is 17.3. The van der Waals surface area contributed by atoms with E-state index in [1.165, 1.54) is 0 Å². The first-order valence-corrected chi connectivity index (χ1v) is 23.3. The second kappa shape index (κ2) is 18.6. The lowest BCUT2D eigenvalue weighted by atomic mass is 9.70. The number of rotatable bonds is 14. The van der Waals surface area contributed by atoms with Crippen LogP contribution < -0.4 is 31.9 Å². The van der Waals surface area contributed by atoms with Crippen LogP contribution in [-0.4, -0.2) is 43.8 Å². The molecule has 336 valence electrons. The molecule has 0 spiro atoms. The SMILES string of the molecule is NC(=S)C1(Cc2ccccc2)C(=O)[N+](C(N)=S)(c2ccc(Cc3ccc([N+]4(C(N)=S)C(=O)C(Cc5ccccc5)C(Cc5ccccc5)(C(N)=S)C4=O)cc3)cc2)C(=O)C1Cc1ccccc1. The summed E-state index contributed by atoms with van der Waals surface area (Å²) in [6.45, 7) is 0. The Bertz CT molecular complexity index is 2740. The predicted octanol–water partition coefficient (Wildman–Crippen LogP) is 7.26. The van der Waals surface area contributed by atoms with Crippen LogP contribution in [0.2, 0.25) is 0 Å². The van der Waals surface area contributed by atoms with E-state index in [1.807, 2.05) is 121 Å². The lowest BCUT2D eigenvalue weighted by Gasteiger charge is -2.30. The molecule has 0 aromatic heterocycles. The number of amides is 4. The van der Waals surface area contributed by atoms with Crippen molar-refractivity contribution in [3.05, 3.63) is 203 Å². The van der Waals surface area contributed by atoms with E-state index in [0.29, 0.717) is 6.42 Å². The molecule has 2 aliphatic heterocycles. The van der Waals surface area contributed by atoms with E-state index in [-0.39, 0.29) is 57.3 Å². The van der Waals surface area contributed by atoms with Gasteiger partial charge in [0.25, 0.3) is 10.2 Å². The average molecular weight is 961 g/mol. The van der Waals surface area contributed by atoms with Gasteiger partial charge in [0.15, 0.2) is 22.2 Å². The summed E-state index contributed by atoms with van der Waals surface area (Å²) in [6.07, 6.45) is 0.897. The maximum atomic E-state index is 15.3. The highest BCUT2D eigenvalue weighted by molar-refractivity contribution is 7.81. The Labute approximate surface area is 410 Å². The van der Waals surface area contributed by atoms with Crippen molar-refractivity contribution in [1.29, 1.82) is 0 Å². The van der Waals surface area contributed by atoms with Crippen molar-refractivity contribution in [3.63, 3.8) is 0 Å². The number of nitrogens with zero attached hydrogens (tertiary/aromatic N) is 2. The molecule has 10 nitrogen and oxygen atoms in total. The molecule has 8 N–H and O–H groups in total. The summed E-state index contributed by atoms with van der Waals surface area (Å²) in [7, 11) is 0. The topological polar surface area (TPSA) is 172 Å². The average Bonchev–Trinajstić information content (AvgIpc) is 3.63. The minimum atomic E-state index is -1.62. The minimum absolute atomic E-state index is 0.0780. The van der Waals surface area contributed by atoms with Gasteiger partial charge in [-0.05, 0) is 65.5 Å². The summed E-state index contributed by atoms with van der Waals surface area (Å²) in [5.41, 5.74) is 28.3. The van der Waals surface area contributed by atoms with Crippen LogP contribution in [0.4, 0.5) is 11.4 Å². The molecule has 2 fully saturated rings. The van der Waals surface area contributed by atoms with Gasteiger partial charge in [-0.2, -0.15) is 0 Å². The lowest BCUT2D eigenvalue weighted by Crippen LogP contribution is -2.63. The summed E-state index contributed by atoms with van der Waals surface area (Å²) in [5, 5.41) is -0.671. The number of carbonyl (C=O) groups excluding carboxylic acids is 4. The number of benzene rings is 6. The smallest absolute Gasteiger partial charge is 0.347 e. The standard InChI is InChI=1S/C53H46N6O4S4/c54-46(64)52(32-38-17-9-3-10-18-38)42(30-34-13-5-1-6-14-34)44(60)58(48(52)62,50(56)66)40-25-21-36(22-26-40)29-37-23-27-41(28-24-37)59(51(57)67)45(61)43(31-35-15-7-2-8-16-35)53(47(55)65,49(59)63)33-39-19-11-4-12-20-39/h1-28,42-43H,29-33H2,(H6-2,54,55,56,57,64,65,66,67)/p+2. The number of imide groups is 2. The molecule has 67 heavy (non-hydrogen) atoms. The number of nitrogens with two attached hydrogens (primary N) is 4. The first-order valence-electron chi connectivity index (χ1n) is 21.7. The Morgan fingerprint density at radius 3 is 0.955 bits per heavy atom. The zero-order valence-electron chi connectivity index (χ0n) is 36.3. The van der Waals surface area contributed by atoms with Gasteiger partial charge in [0.05, 0.1) is 9.98 Å². The number of hydrogen-bond donors (Lipinski definition) is 4. The van der Waals surface area contributed by atoms with Gasteiger partial charge in [0, 0.05) is 48.7 Å². The van der Waals surface area contributed by atoms with E-state index in [1.54, 1.807) is 48.5 Å². The molecule has 4 amide bonds. The zero-order chi connectivity index (χ0) is 47.7. The first kappa shape index (κ1) is 47.0. The summed E-state index contributed by atoms with van der Waals surface area (Å²) < 4.78 is -2.06. The van der Waals surface area contributed by atoms with Crippen LogP contribution >= 0.6 is 48.9 Å². The molecule has 8 rings (SSSR count). The summed E-state index contributed by atoms with van der Waals surface area (Å²) in [4.78, 5) is 60.6. The van der Waals surface area contributed by atoms with Crippen LogP contribution in [-0.2, 0) is 51.3 Å². The quantitative estimate of drug-likeness (QED) is 0.0490. The Kier molecular flexibility index (Phi) is 13.1. The second-order valence-corrected chi connectivity index (χ2v) is 19.0. The third-order valence-corrected chi connectivity index (χ3v) is 14.9. The lowest BCUT2D eigenvalue weighted by molar-refractivity contribution is -0.136. The summed E-state index contributed by atoms with van der Waals surface area (Å²) in [5.74, 6) is -4.19. The molecule has 2 aliphatic rings. The predicted molar refractivity (Wildman–Crippen MR) is 279 cm³/mol. The fraction of sp³-hybridized carbons (Fsp3) is 0.170. The third kappa shape index (κ3) is 7.73. The van der Waals surface area contributed by atoms with Crippen LogP contribution in [0.5, 0.6) is 0 Å². The van der Waals surface area contributed by atoms with Crippen molar-refractivity contribution in [1.82, 2.24) is 8.97 Å². The van der Waals surface area contributed by atoms with Gasteiger partial charge < -0.3 is 22.9 Å². The van der Waals surface area contributed by atoms with Gasteiger partial charge in [0.2, 0.25) is 0 Å². The largest absolute Gasteiger partial charge is 0.392 e. The van der Waals surface area contributed by atoms with Crippen LogP contribution in [0.3, 0.4) is 0 Å². The summed E-state index contributed by atoms with van der Waals surface area (Å²) >= 11 is 22.8. The first-order chi connectivity index (χ1) is 32.1. The number of hydrogen-bond acceptors (Lipinski definition) is 8. The Hall–Kier alpha value is -6.52. The van der Waals surface area contributed by atoms with Crippen molar-refractivity contribution in [2.45, 2.75) is 32.1 Å². The highest BCUT2D eigenvalue weighted by atomic mass is 32.1. The molecular weight excluding hydrogens is 913 g/mol. The molecule has 14 heteroatoms. The van der Waals surface area contributed by atoms with Crippen LogP contribution in [0.1, 0.15) is 33.4 Å². The monoisotopic (exact) mass is 960 g/mol. The van der Waals surface area contributed by atoms with Gasteiger partial charge in [-0.25, -0.2) is 19.2 Å². The van der Waals surface area contributed by atoms with Crippen LogP contribution in [0.15, 0.2) is 170 Å². The van der Waals surface area contributed by atoms with Gasteiger partial charge in [-0.3, -0.25) is 0 Å². The number of quaternary nitrogens is 2. The molecule has 6 atom stereocenters. The molecule has 0 aliphatic carbocycles. The van der Waals surface area contributed by atoms with Crippen LogP contribution in [0.25, 0.3) is 0 Å². The van der Waals surface area contributed by atoms with E-state index in [2.05, 4.69) is 0 Å². The van der Waals surface area contributed by atoms with E-state index in [9.17, 15) is 0 Å². The zero-order valence-corrected chi connectivity index (χ0v) is 39.6. The molecule has 2 saturated heterocycles. The van der Waals surface area contributed by atoms with Gasteiger partial charge >= 0.3 is 23.6 Å². The van der Waals surface area contributed by atoms with Gasteiger partial charge in [-0.15, -0.1) is 8.97 Å². The Morgan fingerprint density at radius 2 is 0.687 bits per heavy atom. The highest BCUT2D eigenvalue weighted by Gasteiger charge is 2.75. The number of carbonyl (C=O) groups is 4. The molecular formula is C53H48N6O4S4+2. The molecule has 0 saturated carbocycles. The maximum Gasteiger partial charge on any atom is 0.347 e. The van der Waals surface area contributed by atoms with Crippen molar-refractivity contribution < 1.29 is 19.2 Å². The van der Waals surface area contributed by atoms with E-state index in [0.717, 1.165) is 33.4 Å². The third-order valence-electron chi connectivity index (χ3n) is 13.6. The Morgan fingerprint density at radius 1 is 0.403 bits per heavy atom. The molecule has 6 aromatic carbocycles. The maximum absolute atomic E-state index is 15.3. The van der Waals surface area contributed by atoms with E-state index < -0.39 is 55.3 Å². The van der Waals surface area contributed by atoms with Crippen molar-refractivity contribution in [3.8, 4) is 0 Å². The minimum Gasteiger partial charge on any atom is -0.392 e. The number of thiocarbonyl (C=S) groups is 4. The fourth-order valence-electron chi connectivity index (χ4n) is 10.2. The van der Waals surface area contributed by atoms with Crippen molar-refractivity contribution in [2.24, 2.45) is 45.6 Å². The molecule has 0 bridgehead atoms. The van der Waals surface area contributed by atoms with Crippen LogP contribution in [0, 0.1) is 22.7 Å². The molecule has 0 radical (unpaired) electrons. The molecule has 2 heterocycles. The van der Waals surface area contributed by atoms with E-state index in [4.69, 9.17) is 71.8 Å². The normalized spacial score (nSPS) is 24.7. The Balaban J connectivity index is 1.13. The van der Waals surface area contributed by atoms with Gasteiger partial charge in [0.1, 0.15) is 11.8 Å². The van der Waals surface area contributed by atoms with Crippen molar-refractivity contribution in [2.75, 3.05) is 0 Å². The molecule has 6 aromatic rings. The fourth-order valence-corrected chi connectivity index (χ4v) is 11.4. The van der Waals surface area contributed by atoms with E-state index >= 15 is 19.2 Å². The summed E-state index contributed by atoms with van der Waals surface area (Å²) in [6, 6.07) is 51.4. The molecule has 6 unspecified atom stereocenters.